The minimum atomic E-state index is 0.719. The third-order valence-corrected chi connectivity index (χ3v) is 6.72. The first kappa shape index (κ1) is 13.6. The van der Waals surface area contributed by atoms with E-state index in [-0.39, 0.29) is 0 Å². The van der Waals surface area contributed by atoms with Crippen molar-refractivity contribution >= 4 is 0 Å². The lowest BCUT2D eigenvalue weighted by Crippen LogP contribution is -2.51. The Morgan fingerprint density at radius 1 is 0.850 bits per heavy atom. The topological polar surface area (TPSA) is 15.3 Å². The maximum absolute atomic E-state index is 3.85. The predicted molar refractivity (Wildman–Crippen MR) is 83.8 cm³/mol. The van der Waals surface area contributed by atoms with Gasteiger partial charge >= 0.3 is 0 Å². The molecular weight excluding hydrogens is 244 g/mol. The van der Waals surface area contributed by atoms with Gasteiger partial charge in [0.25, 0.3) is 0 Å². The standard InChI is InChI=1S/C18H32N2/c1-2-5-20(6-3-1)7-4-19-14-18-11-15-8-16(12-18)10-17(9-15)13-18/h15-17,19H,1-14H2. The van der Waals surface area contributed by atoms with Crippen LogP contribution in [-0.2, 0) is 0 Å². The van der Waals surface area contributed by atoms with E-state index >= 15 is 0 Å². The number of likely N-dealkylation sites (tertiary alicyclic amines) is 1. The van der Waals surface area contributed by atoms with Gasteiger partial charge in [0, 0.05) is 19.6 Å². The molecule has 1 aliphatic heterocycles. The van der Waals surface area contributed by atoms with E-state index in [0.29, 0.717) is 0 Å². The molecule has 0 spiro atoms. The molecule has 2 nitrogen and oxygen atoms in total. The molecule has 1 heterocycles. The van der Waals surface area contributed by atoms with Crippen LogP contribution in [0.25, 0.3) is 0 Å². The molecule has 4 aliphatic carbocycles. The molecule has 5 aliphatic rings. The summed E-state index contributed by atoms with van der Waals surface area (Å²) in [5, 5.41) is 3.85. The van der Waals surface area contributed by atoms with Crippen LogP contribution in [0.3, 0.4) is 0 Å². The second-order valence-electron chi connectivity index (χ2n) is 8.50. The highest BCUT2D eigenvalue weighted by Crippen LogP contribution is 2.59. The van der Waals surface area contributed by atoms with Crippen LogP contribution in [-0.4, -0.2) is 37.6 Å². The molecule has 0 radical (unpaired) electrons. The number of piperidine rings is 1. The summed E-state index contributed by atoms with van der Waals surface area (Å²) in [6.45, 7) is 6.52. The fourth-order valence-corrected chi connectivity index (χ4v) is 6.28. The van der Waals surface area contributed by atoms with Gasteiger partial charge in [-0.25, -0.2) is 0 Å². The largest absolute Gasteiger partial charge is 0.315 e. The third kappa shape index (κ3) is 2.78. The minimum Gasteiger partial charge on any atom is -0.315 e. The minimum absolute atomic E-state index is 0.719. The summed E-state index contributed by atoms with van der Waals surface area (Å²) < 4.78 is 0. The van der Waals surface area contributed by atoms with Gasteiger partial charge in [0.15, 0.2) is 0 Å². The van der Waals surface area contributed by atoms with E-state index in [9.17, 15) is 0 Å². The molecule has 0 atom stereocenters. The lowest BCUT2D eigenvalue weighted by molar-refractivity contribution is -0.0513. The molecule has 20 heavy (non-hydrogen) atoms. The predicted octanol–water partition coefficient (Wildman–Crippen LogP) is 3.28. The molecule has 0 aromatic carbocycles. The monoisotopic (exact) mass is 276 g/mol. The lowest BCUT2D eigenvalue weighted by Gasteiger charge is -2.57. The molecule has 0 unspecified atom stereocenters. The van der Waals surface area contributed by atoms with E-state index in [2.05, 4.69) is 10.2 Å². The molecule has 0 aromatic rings. The van der Waals surface area contributed by atoms with Crippen molar-refractivity contribution < 1.29 is 0 Å². The summed E-state index contributed by atoms with van der Waals surface area (Å²) >= 11 is 0. The van der Waals surface area contributed by atoms with Gasteiger partial charge in [-0.15, -0.1) is 0 Å². The molecular formula is C18H32N2. The van der Waals surface area contributed by atoms with Crippen LogP contribution < -0.4 is 5.32 Å². The molecule has 0 aromatic heterocycles. The van der Waals surface area contributed by atoms with Crippen molar-refractivity contribution in [3.8, 4) is 0 Å². The molecule has 1 saturated heterocycles. The average Bonchev–Trinajstić information content (AvgIpc) is 2.43. The fourth-order valence-electron chi connectivity index (χ4n) is 6.28. The van der Waals surface area contributed by atoms with Crippen molar-refractivity contribution in [2.75, 3.05) is 32.7 Å². The van der Waals surface area contributed by atoms with Crippen molar-refractivity contribution in [3.63, 3.8) is 0 Å². The number of nitrogens with zero attached hydrogens (tertiary/aromatic N) is 1. The number of hydrogen-bond acceptors (Lipinski definition) is 2. The average molecular weight is 276 g/mol. The number of rotatable bonds is 5. The van der Waals surface area contributed by atoms with Crippen LogP contribution in [0.4, 0.5) is 0 Å². The Labute approximate surface area is 124 Å². The van der Waals surface area contributed by atoms with Crippen molar-refractivity contribution in [2.45, 2.75) is 57.8 Å². The molecule has 2 heteroatoms. The lowest BCUT2D eigenvalue weighted by atomic mass is 9.49. The maximum atomic E-state index is 3.85. The van der Waals surface area contributed by atoms with Crippen LogP contribution in [0.1, 0.15) is 57.8 Å². The first-order valence-electron chi connectivity index (χ1n) is 9.24. The van der Waals surface area contributed by atoms with Crippen molar-refractivity contribution in [1.82, 2.24) is 10.2 Å². The van der Waals surface area contributed by atoms with Gasteiger partial charge < -0.3 is 10.2 Å². The fraction of sp³-hybridized carbons (Fsp3) is 1.00. The summed E-state index contributed by atoms with van der Waals surface area (Å²) in [6, 6.07) is 0. The Morgan fingerprint density at radius 2 is 1.45 bits per heavy atom. The molecule has 1 N–H and O–H groups in total. The smallest absolute Gasteiger partial charge is 0.0107 e. The van der Waals surface area contributed by atoms with E-state index in [1.165, 1.54) is 52.0 Å². The number of nitrogens with one attached hydrogen (secondary N) is 1. The van der Waals surface area contributed by atoms with Crippen LogP contribution in [0.5, 0.6) is 0 Å². The molecule has 4 bridgehead atoms. The third-order valence-electron chi connectivity index (χ3n) is 6.72. The molecule has 5 rings (SSSR count). The summed E-state index contributed by atoms with van der Waals surface area (Å²) in [5.74, 6) is 3.31. The highest BCUT2D eigenvalue weighted by atomic mass is 15.1. The molecule has 0 amide bonds. The second kappa shape index (κ2) is 5.61. The Kier molecular flexibility index (Phi) is 3.80. The Bertz CT molecular complexity index is 297. The van der Waals surface area contributed by atoms with E-state index < -0.39 is 0 Å². The molecule has 4 saturated carbocycles. The number of hydrogen-bond donors (Lipinski definition) is 1. The zero-order valence-corrected chi connectivity index (χ0v) is 13.1. The molecule has 5 fully saturated rings. The highest BCUT2D eigenvalue weighted by molar-refractivity contribution is 5.02. The van der Waals surface area contributed by atoms with Gasteiger partial charge in [-0.1, -0.05) is 6.42 Å². The zero-order chi connectivity index (χ0) is 13.4. The zero-order valence-electron chi connectivity index (χ0n) is 13.1. The van der Waals surface area contributed by atoms with E-state index in [1.807, 2.05) is 0 Å². The highest BCUT2D eigenvalue weighted by Gasteiger charge is 2.50. The van der Waals surface area contributed by atoms with Crippen LogP contribution in [0, 0.1) is 23.2 Å². The summed E-state index contributed by atoms with van der Waals surface area (Å²) in [4.78, 5) is 2.66. The van der Waals surface area contributed by atoms with Gasteiger partial charge in [0.05, 0.1) is 0 Å². The SMILES string of the molecule is C1CCN(CCNCC23CC4CC(CC(C4)C2)C3)CC1. The summed E-state index contributed by atoms with van der Waals surface area (Å²) in [5.41, 5.74) is 0.719. The Morgan fingerprint density at radius 3 is 2.05 bits per heavy atom. The van der Waals surface area contributed by atoms with Crippen molar-refractivity contribution in [1.29, 1.82) is 0 Å². The van der Waals surface area contributed by atoms with Gasteiger partial charge in [-0.05, 0) is 87.6 Å². The molecule has 114 valence electrons. The maximum Gasteiger partial charge on any atom is 0.0107 e. The van der Waals surface area contributed by atoms with Gasteiger partial charge in [0.2, 0.25) is 0 Å². The van der Waals surface area contributed by atoms with Gasteiger partial charge in [0.1, 0.15) is 0 Å². The van der Waals surface area contributed by atoms with Crippen molar-refractivity contribution in [2.24, 2.45) is 23.2 Å². The van der Waals surface area contributed by atoms with Gasteiger partial charge in [-0.3, -0.25) is 0 Å². The first-order chi connectivity index (χ1) is 9.81. The first-order valence-corrected chi connectivity index (χ1v) is 9.24. The van der Waals surface area contributed by atoms with Crippen LogP contribution in [0.2, 0.25) is 0 Å². The van der Waals surface area contributed by atoms with Crippen molar-refractivity contribution in [3.05, 3.63) is 0 Å². The summed E-state index contributed by atoms with van der Waals surface area (Å²) in [6.07, 6.45) is 13.7. The van der Waals surface area contributed by atoms with E-state index in [4.69, 9.17) is 0 Å². The normalized spacial score (nSPS) is 44.1. The van der Waals surface area contributed by atoms with Crippen LogP contribution in [0.15, 0.2) is 0 Å². The second-order valence-corrected chi connectivity index (χ2v) is 8.50. The Balaban J connectivity index is 1.23. The van der Waals surface area contributed by atoms with E-state index in [1.54, 1.807) is 38.5 Å². The van der Waals surface area contributed by atoms with Gasteiger partial charge in [-0.2, -0.15) is 0 Å². The summed E-state index contributed by atoms with van der Waals surface area (Å²) in [7, 11) is 0. The van der Waals surface area contributed by atoms with E-state index in [0.717, 1.165) is 23.2 Å². The Hall–Kier alpha value is -0.0800. The quantitative estimate of drug-likeness (QED) is 0.775. The van der Waals surface area contributed by atoms with Crippen LogP contribution >= 0.6 is 0 Å².